The maximum absolute atomic E-state index is 13.0. The Kier molecular flexibility index (Phi) is 9.91. The largest absolute Gasteiger partial charge is 0.516 e. The highest BCUT2D eigenvalue weighted by Crippen LogP contribution is 2.30. The lowest BCUT2D eigenvalue weighted by atomic mass is 9.91. The van der Waals surface area contributed by atoms with Crippen molar-refractivity contribution in [1.82, 2.24) is 10.2 Å². The Labute approximate surface area is 212 Å². The molecule has 0 unspecified atom stereocenters. The van der Waals surface area contributed by atoms with Crippen LogP contribution in [-0.2, 0) is 6.42 Å². The standard InChI is InChI=1S/C22H20FN3OS.C7H14/c1-14(10-11-27)16(3)24-20-13-18(7-4-15(20)2)22-26-25-21(28-22)12-17-5-8-19(23)9-6-17;1-7-5-3-2-4-6-7/h4-11,13,27H,1,12H2,2-3H3;7H,2-6H2,1H3/b11-10-,24-16?;. The second-order valence-electron chi connectivity index (χ2n) is 9.09. The maximum Gasteiger partial charge on any atom is 0.147 e. The van der Waals surface area contributed by atoms with Crippen LogP contribution in [0.4, 0.5) is 10.1 Å². The Balaban J connectivity index is 0.000000420. The van der Waals surface area contributed by atoms with Gasteiger partial charge in [-0.3, -0.25) is 4.99 Å². The molecule has 1 aliphatic carbocycles. The Hall–Kier alpha value is -3.12. The van der Waals surface area contributed by atoms with Gasteiger partial charge in [0.25, 0.3) is 0 Å². The molecular weight excluding hydrogens is 457 g/mol. The van der Waals surface area contributed by atoms with Crippen molar-refractivity contribution < 1.29 is 9.50 Å². The SMILES string of the molecule is C=C(/C=C\O)C(C)=Nc1cc(-c2nnc(Cc3ccc(F)cc3)s2)ccc1C.CC1CCCCC1. The van der Waals surface area contributed by atoms with Gasteiger partial charge in [-0.1, -0.05) is 81.2 Å². The second kappa shape index (κ2) is 13.1. The van der Waals surface area contributed by atoms with E-state index in [9.17, 15) is 4.39 Å². The Bertz CT molecular complexity index is 1170. The summed E-state index contributed by atoms with van der Waals surface area (Å²) in [5.41, 5.74) is 5.13. The molecular formula is C29H34FN3OS. The van der Waals surface area contributed by atoms with Gasteiger partial charge in [0.15, 0.2) is 0 Å². The zero-order valence-corrected chi connectivity index (χ0v) is 21.6. The lowest BCUT2D eigenvalue weighted by Gasteiger charge is -2.15. The van der Waals surface area contributed by atoms with Crippen LogP contribution in [0.3, 0.4) is 0 Å². The molecule has 6 heteroatoms. The zero-order chi connectivity index (χ0) is 25.2. The quantitative estimate of drug-likeness (QED) is 0.213. The number of benzene rings is 2. The average molecular weight is 492 g/mol. The number of nitrogens with zero attached hydrogens (tertiary/aromatic N) is 3. The summed E-state index contributed by atoms with van der Waals surface area (Å²) in [5, 5.41) is 19.1. The second-order valence-corrected chi connectivity index (χ2v) is 10.1. The smallest absolute Gasteiger partial charge is 0.147 e. The van der Waals surface area contributed by atoms with Gasteiger partial charge < -0.3 is 5.11 Å². The third-order valence-corrected chi connectivity index (χ3v) is 7.09. The first-order valence-corrected chi connectivity index (χ1v) is 12.9. The minimum Gasteiger partial charge on any atom is -0.516 e. The number of aliphatic imine (C=N–C) groups is 1. The van der Waals surface area contributed by atoms with E-state index < -0.39 is 0 Å². The van der Waals surface area contributed by atoms with Gasteiger partial charge in [-0.05, 0) is 60.7 Å². The molecule has 0 radical (unpaired) electrons. The Morgan fingerprint density at radius 2 is 1.86 bits per heavy atom. The maximum atomic E-state index is 13.0. The third kappa shape index (κ3) is 8.25. The summed E-state index contributed by atoms with van der Waals surface area (Å²) in [4.78, 5) is 4.62. The molecule has 1 heterocycles. The van der Waals surface area contributed by atoms with Crippen molar-refractivity contribution in [3.05, 3.63) is 88.9 Å². The molecule has 0 atom stereocenters. The van der Waals surface area contributed by atoms with E-state index in [1.807, 2.05) is 32.0 Å². The van der Waals surface area contributed by atoms with E-state index in [0.717, 1.165) is 50.3 Å². The minimum absolute atomic E-state index is 0.248. The van der Waals surface area contributed by atoms with Gasteiger partial charge in [0.2, 0.25) is 0 Å². The van der Waals surface area contributed by atoms with Crippen LogP contribution in [-0.4, -0.2) is 21.0 Å². The van der Waals surface area contributed by atoms with Crippen molar-refractivity contribution in [2.75, 3.05) is 0 Å². The molecule has 35 heavy (non-hydrogen) atoms. The Morgan fingerprint density at radius 1 is 1.14 bits per heavy atom. The van der Waals surface area contributed by atoms with Crippen molar-refractivity contribution in [1.29, 1.82) is 0 Å². The van der Waals surface area contributed by atoms with Crippen LogP contribution >= 0.6 is 11.3 Å². The molecule has 0 bridgehead atoms. The molecule has 1 fully saturated rings. The van der Waals surface area contributed by atoms with E-state index in [-0.39, 0.29) is 5.82 Å². The molecule has 3 aromatic rings. The van der Waals surface area contributed by atoms with E-state index in [2.05, 4.69) is 28.7 Å². The first-order valence-electron chi connectivity index (χ1n) is 12.1. The van der Waals surface area contributed by atoms with Crippen molar-refractivity contribution in [2.45, 2.75) is 59.3 Å². The summed E-state index contributed by atoms with van der Waals surface area (Å²) in [6.45, 7) is 10.1. The number of aliphatic hydroxyl groups excluding tert-OH is 1. The number of allylic oxidation sites excluding steroid dienone is 2. The molecule has 1 N–H and O–H groups in total. The van der Waals surface area contributed by atoms with Gasteiger partial charge in [0.1, 0.15) is 15.8 Å². The van der Waals surface area contributed by atoms with E-state index in [1.54, 1.807) is 12.1 Å². The lowest BCUT2D eigenvalue weighted by Crippen LogP contribution is -1.99. The summed E-state index contributed by atoms with van der Waals surface area (Å²) in [6, 6.07) is 12.4. The topological polar surface area (TPSA) is 58.4 Å². The molecule has 1 aromatic heterocycles. The van der Waals surface area contributed by atoms with Crippen molar-refractivity contribution in [2.24, 2.45) is 10.9 Å². The Morgan fingerprint density at radius 3 is 2.49 bits per heavy atom. The number of aliphatic hydroxyl groups is 1. The lowest BCUT2D eigenvalue weighted by molar-refractivity contribution is 0.385. The van der Waals surface area contributed by atoms with Crippen LogP contribution in [0.25, 0.3) is 10.6 Å². The highest BCUT2D eigenvalue weighted by molar-refractivity contribution is 7.14. The van der Waals surface area contributed by atoms with Gasteiger partial charge >= 0.3 is 0 Å². The van der Waals surface area contributed by atoms with Crippen molar-refractivity contribution in [3.63, 3.8) is 0 Å². The molecule has 0 amide bonds. The van der Waals surface area contributed by atoms with Gasteiger partial charge in [0.05, 0.1) is 11.9 Å². The van der Waals surface area contributed by atoms with Crippen molar-refractivity contribution in [3.8, 4) is 10.6 Å². The van der Waals surface area contributed by atoms with E-state index in [0.29, 0.717) is 12.0 Å². The molecule has 0 saturated heterocycles. The first kappa shape index (κ1) is 26.5. The molecule has 0 aliphatic heterocycles. The number of hydrogen-bond acceptors (Lipinski definition) is 5. The monoisotopic (exact) mass is 491 g/mol. The summed E-state index contributed by atoms with van der Waals surface area (Å²) >= 11 is 1.51. The molecule has 184 valence electrons. The molecule has 4 rings (SSSR count). The van der Waals surface area contributed by atoms with Gasteiger partial charge in [0, 0.05) is 17.7 Å². The fraction of sp³-hybridized carbons (Fsp3) is 0.345. The van der Waals surface area contributed by atoms with Crippen molar-refractivity contribution >= 4 is 22.7 Å². The van der Waals surface area contributed by atoms with Gasteiger partial charge in [-0.15, -0.1) is 10.2 Å². The number of hydrogen-bond donors (Lipinski definition) is 1. The highest BCUT2D eigenvalue weighted by atomic mass is 32.1. The molecule has 4 nitrogen and oxygen atoms in total. The van der Waals surface area contributed by atoms with E-state index in [4.69, 9.17) is 5.11 Å². The minimum atomic E-state index is -0.248. The highest BCUT2D eigenvalue weighted by Gasteiger charge is 2.10. The van der Waals surface area contributed by atoms with E-state index >= 15 is 0 Å². The van der Waals surface area contributed by atoms with Crippen LogP contribution < -0.4 is 0 Å². The van der Waals surface area contributed by atoms with Crippen LogP contribution in [0, 0.1) is 18.7 Å². The number of halogens is 1. The van der Waals surface area contributed by atoms with E-state index in [1.165, 1.54) is 61.6 Å². The molecule has 2 aromatic carbocycles. The van der Waals surface area contributed by atoms with Gasteiger partial charge in [-0.25, -0.2) is 4.39 Å². The molecule has 1 aliphatic rings. The molecule has 1 saturated carbocycles. The predicted octanol–water partition coefficient (Wildman–Crippen LogP) is 8.55. The van der Waals surface area contributed by atoms with Crippen LogP contribution in [0.15, 0.2) is 71.9 Å². The van der Waals surface area contributed by atoms with Crippen LogP contribution in [0.5, 0.6) is 0 Å². The first-order chi connectivity index (χ1) is 16.9. The number of aromatic nitrogens is 2. The summed E-state index contributed by atoms with van der Waals surface area (Å²) < 4.78 is 13.0. The average Bonchev–Trinajstić information content (AvgIpc) is 3.31. The zero-order valence-electron chi connectivity index (χ0n) is 20.8. The molecule has 0 spiro atoms. The summed E-state index contributed by atoms with van der Waals surface area (Å²) in [6.07, 6.45) is 10.5. The fourth-order valence-corrected chi connectivity index (χ4v) is 4.72. The van der Waals surface area contributed by atoms with Crippen LogP contribution in [0.1, 0.15) is 62.1 Å². The summed E-state index contributed by atoms with van der Waals surface area (Å²) in [5.74, 6) is 0.788. The third-order valence-electron chi connectivity index (χ3n) is 6.11. The number of rotatable bonds is 6. The number of aryl methyl sites for hydroxylation is 1. The summed E-state index contributed by atoms with van der Waals surface area (Å²) in [7, 11) is 0. The predicted molar refractivity (Wildman–Crippen MR) is 145 cm³/mol. The van der Waals surface area contributed by atoms with Gasteiger partial charge in [-0.2, -0.15) is 0 Å². The van der Waals surface area contributed by atoms with Crippen LogP contribution in [0.2, 0.25) is 0 Å². The normalized spacial score (nSPS) is 14.6. The fourth-order valence-electron chi connectivity index (χ4n) is 3.85.